The first-order valence-corrected chi connectivity index (χ1v) is 12.7. The minimum atomic E-state index is -4.44. The van der Waals surface area contributed by atoms with Crippen molar-refractivity contribution in [3.05, 3.63) is 71.2 Å². The Morgan fingerprint density at radius 3 is 1.64 bits per heavy atom. The fourth-order valence-electron chi connectivity index (χ4n) is 4.18. The Morgan fingerprint density at radius 1 is 0.833 bits per heavy atom. The number of hydrogen-bond acceptors (Lipinski definition) is 5. The van der Waals surface area contributed by atoms with Gasteiger partial charge in [-0.2, -0.15) is 26.3 Å². The number of nitrogens with one attached hydrogen (secondary N) is 1. The van der Waals surface area contributed by atoms with Gasteiger partial charge in [-0.15, -0.1) is 12.4 Å². The first kappa shape index (κ1) is 34.8. The minimum absolute atomic E-state index is 0. The van der Waals surface area contributed by atoms with Crippen molar-refractivity contribution < 1.29 is 44.7 Å². The van der Waals surface area contributed by atoms with Crippen LogP contribution in [0.15, 0.2) is 57.8 Å². The lowest BCUT2D eigenvalue weighted by atomic mass is 10.0. The maximum atomic E-state index is 13.0. The highest BCUT2D eigenvalue weighted by Crippen LogP contribution is 2.35. The lowest BCUT2D eigenvalue weighted by Crippen LogP contribution is -2.38. The van der Waals surface area contributed by atoms with Crippen molar-refractivity contribution in [2.75, 3.05) is 0 Å². The zero-order valence-corrected chi connectivity index (χ0v) is 24.4. The monoisotopic (exact) mass is 622 g/mol. The summed E-state index contributed by atoms with van der Waals surface area (Å²) in [5, 5.41) is 3.45. The van der Waals surface area contributed by atoms with E-state index in [0.29, 0.717) is 39.5 Å². The van der Waals surface area contributed by atoms with Crippen molar-refractivity contribution in [3.8, 4) is 0 Å². The largest absolute Gasteiger partial charge is 0.464 e. The van der Waals surface area contributed by atoms with Crippen molar-refractivity contribution in [3.63, 3.8) is 0 Å². The summed E-state index contributed by atoms with van der Waals surface area (Å²) in [6, 6.07) is 6.67. The molecule has 4 rings (SSSR count). The predicted octanol–water partition coefficient (Wildman–Crippen LogP) is 8.67. The lowest BCUT2D eigenvalue weighted by Gasteiger charge is -2.22. The van der Waals surface area contributed by atoms with E-state index in [9.17, 15) is 31.1 Å². The van der Waals surface area contributed by atoms with Gasteiger partial charge in [-0.05, 0) is 95.0 Å². The fourth-order valence-corrected chi connectivity index (χ4v) is 4.18. The highest BCUT2D eigenvalue weighted by molar-refractivity contribution is 5.85. The molecule has 0 aliphatic rings. The molecule has 3 N–H and O–H groups in total. The van der Waals surface area contributed by atoms with Gasteiger partial charge in [0.2, 0.25) is 0 Å². The standard InChI is InChI=1S/C17H20F3NO3.C12H12F3NO.ClH/c1-10(21-15(22)24-16(2,3)4)7-12-9-13(17(18,19)20)8-11-5-6-23-14(11)12;1-7(16)4-9-6-10(12(13,14)15)5-8-2-3-17-11(8)9;/h5-6,8-10H,7H2,1-4H3,(H,21,22);2-3,5-7H,4,16H2,1H3;1H/t10-;7-;/m11./s1. The summed E-state index contributed by atoms with van der Waals surface area (Å²) in [5.74, 6) is 0. The number of ether oxygens (including phenoxy) is 1. The molecule has 13 heteroatoms. The molecule has 0 bridgehead atoms. The zero-order chi connectivity index (χ0) is 30.8. The number of nitrogens with two attached hydrogens (primary N) is 1. The Hall–Kier alpha value is -3.38. The number of furan rings is 2. The number of benzene rings is 2. The van der Waals surface area contributed by atoms with Gasteiger partial charge in [-0.25, -0.2) is 4.79 Å². The quantitative estimate of drug-likeness (QED) is 0.217. The van der Waals surface area contributed by atoms with Gasteiger partial charge in [0, 0.05) is 22.9 Å². The molecular formula is C29H33ClF6N2O4. The molecule has 0 saturated heterocycles. The molecular weight excluding hydrogens is 590 g/mol. The van der Waals surface area contributed by atoms with Gasteiger partial charge in [0.25, 0.3) is 0 Å². The van der Waals surface area contributed by atoms with Crippen LogP contribution < -0.4 is 11.1 Å². The Balaban J connectivity index is 0.000000302. The molecule has 0 radical (unpaired) electrons. The van der Waals surface area contributed by atoms with E-state index < -0.39 is 41.2 Å². The molecule has 2 atom stereocenters. The van der Waals surface area contributed by atoms with E-state index in [-0.39, 0.29) is 24.9 Å². The van der Waals surface area contributed by atoms with E-state index >= 15 is 0 Å². The molecule has 0 aliphatic carbocycles. The predicted molar refractivity (Wildman–Crippen MR) is 150 cm³/mol. The summed E-state index contributed by atoms with van der Waals surface area (Å²) < 4.78 is 92.7. The smallest absolute Gasteiger partial charge is 0.416 e. The lowest BCUT2D eigenvalue weighted by molar-refractivity contribution is -0.138. The Bertz CT molecular complexity index is 1490. The number of halogens is 7. The van der Waals surface area contributed by atoms with Gasteiger partial charge in [0.05, 0.1) is 23.7 Å². The molecule has 2 aromatic carbocycles. The van der Waals surface area contributed by atoms with E-state index in [4.69, 9.17) is 19.3 Å². The van der Waals surface area contributed by atoms with Gasteiger partial charge < -0.3 is 24.6 Å². The number of carbonyl (C=O) groups excluding carboxylic acids is 1. The van der Waals surface area contributed by atoms with Crippen LogP contribution in [0.1, 0.15) is 56.9 Å². The molecule has 232 valence electrons. The molecule has 42 heavy (non-hydrogen) atoms. The molecule has 6 nitrogen and oxygen atoms in total. The third-order valence-electron chi connectivity index (χ3n) is 5.74. The fraction of sp³-hybridized carbons (Fsp3) is 0.414. The van der Waals surface area contributed by atoms with Crippen LogP contribution in [0.25, 0.3) is 21.9 Å². The van der Waals surface area contributed by atoms with Crippen LogP contribution in [0.2, 0.25) is 0 Å². The average Bonchev–Trinajstić information content (AvgIpc) is 3.46. The summed E-state index contributed by atoms with van der Waals surface area (Å²) in [5.41, 5.74) is 5.32. The maximum Gasteiger partial charge on any atom is 0.416 e. The van der Waals surface area contributed by atoms with Crippen molar-refractivity contribution in [1.29, 1.82) is 0 Å². The van der Waals surface area contributed by atoms with Crippen LogP contribution in [0.3, 0.4) is 0 Å². The van der Waals surface area contributed by atoms with Crippen LogP contribution in [0, 0.1) is 0 Å². The van der Waals surface area contributed by atoms with Crippen molar-refractivity contribution in [2.24, 2.45) is 5.73 Å². The first-order chi connectivity index (χ1) is 18.8. The number of fused-ring (bicyclic) bond motifs is 2. The second kappa shape index (κ2) is 13.3. The van der Waals surface area contributed by atoms with Crippen molar-refractivity contribution >= 4 is 40.4 Å². The number of carbonyl (C=O) groups is 1. The van der Waals surface area contributed by atoms with E-state index in [1.807, 2.05) is 0 Å². The SMILES string of the molecule is C[C@@H](N)Cc1cc(C(F)(F)F)cc2ccoc12.C[C@H](Cc1cc(C(F)(F)F)cc2ccoc12)NC(=O)OC(C)(C)C.Cl. The topological polar surface area (TPSA) is 90.6 Å². The average molecular weight is 623 g/mol. The number of amides is 1. The second-order valence-corrected chi connectivity index (χ2v) is 10.9. The molecule has 0 fully saturated rings. The molecule has 1 amide bonds. The van der Waals surface area contributed by atoms with E-state index in [0.717, 1.165) is 24.3 Å². The molecule has 0 saturated carbocycles. The minimum Gasteiger partial charge on any atom is -0.464 e. The summed E-state index contributed by atoms with van der Waals surface area (Å²) in [7, 11) is 0. The number of rotatable bonds is 5. The molecule has 0 unspecified atom stereocenters. The zero-order valence-electron chi connectivity index (χ0n) is 23.6. The molecule has 4 aromatic rings. The number of alkyl carbamates (subject to hydrolysis) is 1. The molecule has 2 heterocycles. The Labute approximate surface area is 245 Å². The van der Waals surface area contributed by atoms with Crippen LogP contribution in [0.4, 0.5) is 31.1 Å². The van der Waals surface area contributed by atoms with Gasteiger partial charge in [0.15, 0.2) is 0 Å². The highest BCUT2D eigenvalue weighted by atomic mass is 35.5. The van der Waals surface area contributed by atoms with Gasteiger partial charge in [-0.1, -0.05) is 0 Å². The van der Waals surface area contributed by atoms with Crippen molar-refractivity contribution in [1.82, 2.24) is 5.32 Å². The normalized spacial score (nSPS) is 13.6. The van der Waals surface area contributed by atoms with Crippen LogP contribution in [0.5, 0.6) is 0 Å². The van der Waals surface area contributed by atoms with Crippen molar-refractivity contribution in [2.45, 2.75) is 77.5 Å². The van der Waals surface area contributed by atoms with Gasteiger partial charge in [-0.3, -0.25) is 0 Å². The van der Waals surface area contributed by atoms with E-state index in [1.165, 1.54) is 24.7 Å². The van der Waals surface area contributed by atoms with Crippen LogP contribution in [-0.2, 0) is 29.9 Å². The third-order valence-corrected chi connectivity index (χ3v) is 5.74. The summed E-state index contributed by atoms with van der Waals surface area (Å²) in [6.07, 6.45) is -6.13. The molecule has 0 aliphatic heterocycles. The number of alkyl halides is 6. The third kappa shape index (κ3) is 9.59. The van der Waals surface area contributed by atoms with Gasteiger partial charge >= 0.3 is 18.4 Å². The summed E-state index contributed by atoms with van der Waals surface area (Å²) in [4.78, 5) is 11.8. The molecule has 2 aromatic heterocycles. The van der Waals surface area contributed by atoms with Crippen LogP contribution in [-0.4, -0.2) is 23.8 Å². The Morgan fingerprint density at radius 2 is 1.26 bits per heavy atom. The first-order valence-electron chi connectivity index (χ1n) is 12.7. The van der Waals surface area contributed by atoms with Gasteiger partial charge in [0.1, 0.15) is 16.8 Å². The number of hydrogen-bond donors (Lipinski definition) is 2. The maximum absolute atomic E-state index is 13.0. The highest BCUT2D eigenvalue weighted by Gasteiger charge is 2.33. The van der Waals surface area contributed by atoms with Crippen LogP contribution >= 0.6 is 12.4 Å². The second-order valence-electron chi connectivity index (χ2n) is 10.9. The van der Waals surface area contributed by atoms with E-state index in [2.05, 4.69) is 5.32 Å². The summed E-state index contributed by atoms with van der Waals surface area (Å²) >= 11 is 0. The Kier molecular flexibility index (Phi) is 11.0. The molecule has 0 spiro atoms. The van der Waals surface area contributed by atoms with E-state index in [1.54, 1.807) is 34.6 Å². The summed E-state index contributed by atoms with van der Waals surface area (Å²) in [6.45, 7) is 8.64.